The van der Waals surface area contributed by atoms with E-state index in [4.69, 9.17) is 4.74 Å². The summed E-state index contributed by atoms with van der Waals surface area (Å²) in [6.07, 6.45) is 1.20. The lowest BCUT2D eigenvalue weighted by atomic mass is 10.0. The average molecular weight is 252 g/mol. The normalized spacial score (nSPS) is 23.2. The van der Waals surface area contributed by atoms with Gasteiger partial charge in [0.1, 0.15) is 0 Å². The molecule has 2 heterocycles. The highest BCUT2D eigenvalue weighted by atomic mass is 16.5. The summed E-state index contributed by atoms with van der Waals surface area (Å²) >= 11 is 0. The predicted octanol–water partition coefficient (Wildman–Crippen LogP) is 0.190. The first-order valence-corrected chi connectivity index (χ1v) is 6.57. The lowest BCUT2D eigenvalue weighted by Crippen LogP contribution is -2.51. The number of rotatable bonds is 4. The molecule has 5 heteroatoms. The van der Waals surface area contributed by atoms with Crippen molar-refractivity contribution in [2.24, 2.45) is 7.05 Å². The molecule has 1 aromatic heterocycles. The summed E-state index contributed by atoms with van der Waals surface area (Å²) in [5.41, 5.74) is 2.33. The lowest BCUT2D eigenvalue weighted by Gasteiger charge is -2.35. The number of hydrogen-bond donors (Lipinski definition) is 1. The molecule has 2 rings (SSSR count). The number of nitrogens with zero attached hydrogens (tertiary/aromatic N) is 3. The van der Waals surface area contributed by atoms with Gasteiger partial charge in [-0.1, -0.05) is 0 Å². The van der Waals surface area contributed by atoms with Gasteiger partial charge in [-0.15, -0.1) is 0 Å². The highest BCUT2D eigenvalue weighted by molar-refractivity contribution is 5.10. The second-order valence-electron chi connectivity index (χ2n) is 5.17. The van der Waals surface area contributed by atoms with Gasteiger partial charge in [0.2, 0.25) is 0 Å². The van der Waals surface area contributed by atoms with E-state index in [2.05, 4.69) is 28.4 Å². The van der Waals surface area contributed by atoms with Crippen LogP contribution in [-0.4, -0.2) is 60.6 Å². The van der Waals surface area contributed by atoms with Crippen LogP contribution in [0.25, 0.3) is 0 Å². The van der Waals surface area contributed by atoms with E-state index < -0.39 is 0 Å². The van der Waals surface area contributed by atoms with Crippen LogP contribution in [-0.2, 0) is 18.2 Å². The van der Waals surface area contributed by atoms with Crippen LogP contribution in [0.4, 0.5) is 0 Å². The molecule has 0 saturated carbocycles. The maximum Gasteiger partial charge on any atom is 0.0858 e. The van der Waals surface area contributed by atoms with Crippen LogP contribution in [0.5, 0.6) is 0 Å². The van der Waals surface area contributed by atoms with Gasteiger partial charge in [0.05, 0.1) is 18.4 Å². The van der Waals surface area contributed by atoms with Gasteiger partial charge in [0.25, 0.3) is 0 Å². The molecule has 1 aliphatic heterocycles. The lowest BCUT2D eigenvalue weighted by molar-refractivity contribution is -0.0374. The Kier molecular flexibility index (Phi) is 4.37. The zero-order valence-electron chi connectivity index (χ0n) is 11.8. The van der Waals surface area contributed by atoms with Crippen LogP contribution in [0.1, 0.15) is 11.4 Å². The summed E-state index contributed by atoms with van der Waals surface area (Å²) in [6, 6.07) is 2.49. The van der Waals surface area contributed by atoms with E-state index in [9.17, 15) is 0 Å². The van der Waals surface area contributed by atoms with Crippen molar-refractivity contribution in [3.63, 3.8) is 0 Å². The number of aryl methyl sites for hydroxylation is 2. The Balaban J connectivity index is 2.02. The Morgan fingerprint density at radius 3 is 2.89 bits per heavy atom. The minimum Gasteiger partial charge on any atom is -0.374 e. The van der Waals surface area contributed by atoms with Gasteiger partial charge >= 0.3 is 0 Å². The van der Waals surface area contributed by atoms with E-state index in [-0.39, 0.29) is 6.10 Å². The molecule has 1 N–H and O–H groups in total. The second-order valence-corrected chi connectivity index (χ2v) is 5.17. The SMILES string of the molecule is CNC(Cc1cc(C)nn1C)C1CN(C)CCO1. The monoisotopic (exact) mass is 252 g/mol. The Hall–Kier alpha value is -0.910. The molecular formula is C13H24N4O. The molecule has 0 radical (unpaired) electrons. The third kappa shape index (κ3) is 3.10. The van der Waals surface area contributed by atoms with E-state index >= 15 is 0 Å². The smallest absolute Gasteiger partial charge is 0.0858 e. The Morgan fingerprint density at radius 1 is 1.56 bits per heavy atom. The van der Waals surface area contributed by atoms with Gasteiger partial charge in [0, 0.05) is 38.3 Å². The van der Waals surface area contributed by atoms with Crippen LogP contribution in [0.3, 0.4) is 0 Å². The first-order chi connectivity index (χ1) is 8.60. The van der Waals surface area contributed by atoms with Crippen LogP contribution in [0, 0.1) is 6.92 Å². The van der Waals surface area contributed by atoms with Gasteiger partial charge in [-0.05, 0) is 27.1 Å². The van der Waals surface area contributed by atoms with Gasteiger partial charge < -0.3 is 15.0 Å². The third-order valence-electron chi connectivity index (χ3n) is 3.64. The molecule has 1 saturated heterocycles. The summed E-state index contributed by atoms with van der Waals surface area (Å²) < 4.78 is 7.85. The molecule has 2 unspecified atom stereocenters. The number of nitrogens with one attached hydrogen (secondary N) is 1. The predicted molar refractivity (Wildman–Crippen MR) is 71.7 cm³/mol. The van der Waals surface area contributed by atoms with Crippen molar-refractivity contribution in [3.8, 4) is 0 Å². The topological polar surface area (TPSA) is 42.3 Å². The molecule has 5 nitrogen and oxygen atoms in total. The minimum atomic E-state index is 0.254. The van der Waals surface area contributed by atoms with Crippen molar-refractivity contribution >= 4 is 0 Å². The number of aromatic nitrogens is 2. The van der Waals surface area contributed by atoms with Crippen molar-refractivity contribution in [1.82, 2.24) is 20.0 Å². The highest BCUT2D eigenvalue weighted by Crippen LogP contribution is 2.13. The van der Waals surface area contributed by atoms with Gasteiger partial charge in [0.15, 0.2) is 0 Å². The first kappa shape index (κ1) is 13.5. The molecule has 2 atom stereocenters. The van der Waals surface area contributed by atoms with E-state index in [1.807, 2.05) is 25.7 Å². The van der Waals surface area contributed by atoms with Crippen LogP contribution < -0.4 is 5.32 Å². The summed E-state index contributed by atoms with van der Waals surface area (Å²) in [5.74, 6) is 0. The second kappa shape index (κ2) is 5.82. The number of likely N-dealkylation sites (N-methyl/N-ethyl adjacent to an activating group) is 2. The molecule has 0 bridgehead atoms. The molecule has 0 aliphatic carbocycles. The fraction of sp³-hybridized carbons (Fsp3) is 0.769. The van der Waals surface area contributed by atoms with E-state index in [1.165, 1.54) is 5.69 Å². The Bertz CT molecular complexity index is 390. The fourth-order valence-electron chi connectivity index (χ4n) is 2.55. The summed E-state index contributed by atoms with van der Waals surface area (Å²) in [7, 11) is 6.16. The summed E-state index contributed by atoms with van der Waals surface area (Å²) in [5, 5.41) is 7.78. The zero-order chi connectivity index (χ0) is 13.1. The first-order valence-electron chi connectivity index (χ1n) is 6.57. The van der Waals surface area contributed by atoms with Crippen LogP contribution >= 0.6 is 0 Å². The molecule has 1 fully saturated rings. The third-order valence-corrected chi connectivity index (χ3v) is 3.64. The molecule has 0 aromatic carbocycles. The summed E-state index contributed by atoms with van der Waals surface area (Å²) in [6.45, 7) is 4.87. The number of hydrogen-bond acceptors (Lipinski definition) is 4. The fourth-order valence-corrected chi connectivity index (χ4v) is 2.55. The number of ether oxygens (including phenoxy) is 1. The Labute approximate surface area is 109 Å². The molecule has 1 aromatic rings. The summed E-state index contributed by atoms with van der Waals surface area (Å²) in [4.78, 5) is 2.33. The highest BCUT2D eigenvalue weighted by Gasteiger charge is 2.26. The standard InChI is InChI=1S/C13H24N4O/c1-10-7-11(17(4)15-10)8-12(14-2)13-9-16(3)5-6-18-13/h7,12-14H,5-6,8-9H2,1-4H3. The van der Waals surface area contributed by atoms with Crippen molar-refractivity contribution in [2.45, 2.75) is 25.5 Å². The average Bonchev–Trinajstić information content (AvgIpc) is 2.64. The molecule has 0 spiro atoms. The molecule has 1 aliphatic rings. The van der Waals surface area contributed by atoms with E-state index in [0.717, 1.165) is 31.8 Å². The van der Waals surface area contributed by atoms with Crippen LogP contribution in [0.2, 0.25) is 0 Å². The van der Waals surface area contributed by atoms with E-state index in [0.29, 0.717) is 6.04 Å². The molecule has 102 valence electrons. The maximum atomic E-state index is 5.89. The largest absolute Gasteiger partial charge is 0.374 e. The van der Waals surface area contributed by atoms with Crippen molar-refractivity contribution in [2.75, 3.05) is 33.8 Å². The minimum absolute atomic E-state index is 0.254. The maximum absolute atomic E-state index is 5.89. The van der Waals surface area contributed by atoms with Crippen molar-refractivity contribution in [1.29, 1.82) is 0 Å². The van der Waals surface area contributed by atoms with Crippen molar-refractivity contribution < 1.29 is 4.74 Å². The molecule has 0 amide bonds. The van der Waals surface area contributed by atoms with Gasteiger partial charge in [-0.2, -0.15) is 5.10 Å². The van der Waals surface area contributed by atoms with Crippen molar-refractivity contribution in [3.05, 3.63) is 17.5 Å². The van der Waals surface area contributed by atoms with Crippen LogP contribution in [0.15, 0.2) is 6.07 Å². The van der Waals surface area contributed by atoms with Gasteiger partial charge in [-0.3, -0.25) is 4.68 Å². The zero-order valence-corrected chi connectivity index (χ0v) is 11.8. The molecular weight excluding hydrogens is 228 g/mol. The van der Waals surface area contributed by atoms with Gasteiger partial charge in [-0.25, -0.2) is 0 Å². The quantitative estimate of drug-likeness (QED) is 0.831. The molecule has 18 heavy (non-hydrogen) atoms. The Morgan fingerprint density at radius 2 is 2.33 bits per heavy atom. The van der Waals surface area contributed by atoms with E-state index in [1.54, 1.807) is 0 Å². The number of morpholine rings is 1.